The molecule has 0 saturated heterocycles. The van der Waals surface area contributed by atoms with Crippen LogP contribution in [0.1, 0.15) is 25.5 Å². The molecule has 16 heavy (non-hydrogen) atoms. The topological polar surface area (TPSA) is 41.5 Å². The van der Waals surface area contributed by atoms with E-state index in [-0.39, 0.29) is 17.8 Å². The first-order valence-corrected chi connectivity index (χ1v) is 5.17. The summed E-state index contributed by atoms with van der Waals surface area (Å²) in [6.07, 6.45) is 5.29. The summed E-state index contributed by atoms with van der Waals surface area (Å²) < 4.78 is 5.11. The zero-order chi connectivity index (χ0) is 12.1. The number of methoxy groups -OCH3 is 1. The number of benzene rings is 1. The van der Waals surface area contributed by atoms with Gasteiger partial charge < -0.3 is 9.84 Å². The number of phenols is 1. The van der Waals surface area contributed by atoms with E-state index in [0.29, 0.717) is 0 Å². The molecule has 86 valence electrons. The maximum atomic E-state index is 9.74. The molecule has 0 radical (unpaired) electrons. The van der Waals surface area contributed by atoms with Crippen molar-refractivity contribution in [3.8, 4) is 23.8 Å². The van der Waals surface area contributed by atoms with E-state index in [1.54, 1.807) is 25.3 Å². The molecule has 2 atom stereocenters. The molecule has 0 saturated carbocycles. The third-order valence-electron chi connectivity index (χ3n) is 2.45. The summed E-state index contributed by atoms with van der Waals surface area (Å²) >= 11 is 0. The molecule has 0 fully saturated rings. The van der Waals surface area contributed by atoms with Crippen LogP contribution in [0.5, 0.6) is 11.5 Å². The average molecular weight is 219 g/mol. The Balaban J connectivity index is 2.90. The average Bonchev–Trinajstić information content (AvgIpc) is 2.29. The number of terminal acetylenes is 1. The van der Waals surface area contributed by atoms with Gasteiger partial charge in [0, 0.05) is 11.6 Å². The summed E-state index contributed by atoms with van der Waals surface area (Å²) in [5.41, 5.74) is 0.779. The number of ether oxygens (including phenoxy) is 1. The van der Waals surface area contributed by atoms with E-state index < -0.39 is 0 Å². The Morgan fingerprint density at radius 1 is 1.44 bits per heavy atom. The summed E-state index contributed by atoms with van der Waals surface area (Å²) in [4.78, 5) is 0. The van der Waals surface area contributed by atoms with Crippen LogP contribution in [-0.2, 0) is 0 Å². The van der Waals surface area contributed by atoms with Crippen LogP contribution in [0.2, 0.25) is 0 Å². The van der Waals surface area contributed by atoms with Gasteiger partial charge in [0.1, 0.15) is 11.5 Å². The molecule has 0 spiro atoms. The van der Waals surface area contributed by atoms with Crippen LogP contribution < -0.4 is 10.1 Å². The highest BCUT2D eigenvalue weighted by Gasteiger charge is 2.12. The Morgan fingerprint density at radius 2 is 2.12 bits per heavy atom. The first kappa shape index (κ1) is 12.4. The molecule has 1 aromatic carbocycles. The normalized spacial score (nSPS) is 13.9. The Bertz CT molecular complexity index is 395. The lowest BCUT2D eigenvalue weighted by Gasteiger charge is -2.18. The fourth-order valence-electron chi connectivity index (χ4n) is 1.52. The van der Waals surface area contributed by atoms with E-state index in [1.165, 1.54) is 0 Å². The lowest BCUT2D eigenvalue weighted by molar-refractivity contribution is 0.407. The van der Waals surface area contributed by atoms with Gasteiger partial charge in [-0.2, -0.15) is 0 Å². The first-order valence-electron chi connectivity index (χ1n) is 5.17. The second kappa shape index (κ2) is 5.43. The molecule has 3 nitrogen and oxygen atoms in total. The molecule has 2 N–H and O–H groups in total. The zero-order valence-corrected chi connectivity index (χ0v) is 9.82. The summed E-state index contributed by atoms with van der Waals surface area (Å²) in [5.74, 6) is 3.55. The van der Waals surface area contributed by atoms with Gasteiger partial charge in [-0.3, -0.25) is 5.32 Å². The SMILES string of the molecule is C#CC(C)NC(C)c1cc(OC)ccc1O. The first-order chi connectivity index (χ1) is 7.58. The van der Waals surface area contributed by atoms with Crippen molar-refractivity contribution in [2.45, 2.75) is 25.9 Å². The Kier molecular flexibility index (Phi) is 4.21. The van der Waals surface area contributed by atoms with Gasteiger partial charge in [0.25, 0.3) is 0 Å². The minimum atomic E-state index is -0.0411. The molecule has 0 amide bonds. The van der Waals surface area contributed by atoms with Gasteiger partial charge in [0.15, 0.2) is 0 Å². The Labute approximate surface area is 96.4 Å². The maximum Gasteiger partial charge on any atom is 0.120 e. The van der Waals surface area contributed by atoms with Crippen LogP contribution in [-0.4, -0.2) is 18.3 Å². The number of hydrogen-bond acceptors (Lipinski definition) is 3. The van der Waals surface area contributed by atoms with Gasteiger partial charge in [-0.25, -0.2) is 0 Å². The van der Waals surface area contributed by atoms with Gasteiger partial charge in [-0.05, 0) is 32.0 Å². The van der Waals surface area contributed by atoms with E-state index in [1.807, 2.05) is 13.8 Å². The second-order valence-electron chi connectivity index (χ2n) is 3.70. The summed E-state index contributed by atoms with van der Waals surface area (Å²) in [6.45, 7) is 3.84. The van der Waals surface area contributed by atoms with Crippen LogP contribution >= 0.6 is 0 Å². The second-order valence-corrected chi connectivity index (χ2v) is 3.70. The van der Waals surface area contributed by atoms with E-state index in [9.17, 15) is 5.11 Å². The standard InChI is InChI=1S/C13H17NO2/c1-5-9(2)14-10(3)12-8-11(16-4)6-7-13(12)15/h1,6-10,14-15H,2-4H3. The number of aromatic hydroxyl groups is 1. The van der Waals surface area contributed by atoms with Crippen LogP contribution in [0.15, 0.2) is 18.2 Å². The van der Waals surface area contributed by atoms with Crippen molar-refractivity contribution in [2.24, 2.45) is 0 Å². The molecule has 0 heterocycles. The molecule has 2 unspecified atom stereocenters. The monoisotopic (exact) mass is 219 g/mol. The van der Waals surface area contributed by atoms with Crippen LogP contribution in [0.3, 0.4) is 0 Å². The van der Waals surface area contributed by atoms with Gasteiger partial charge in [0.2, 0.25) is 0 Å². The van der Waals surface area contributed by atoms with Crippen LogP contribution in [0.25, 0.3) is 0 Å². The van der Waals surface area contributed by atoms with Crippen molar-refractivity contribution in [1.82, 2.24) is 5.32 Å². The third-order valence-corrected chi connectivity index (χ3v) is 2.45. The van der Waals surface area contributed by atoms with Crippen molar-refractivity contribution < 1.29 is 9.84 Å². The largest absolute Gasteiger partial charge is 0.508 e. The van der Waals surface area contributed by atoms with Gasteiger partial charge >= 0.3 is 0 Å². The third kappa shape index (κ3) is 2.91. The van der Waals surface area contributed by atoms with Gasteiger partial charge in [0.05, 0.1) is 13.2 Å². The summed E-state index contributed by atoms with van der Waals surface area (Å²) in [6, 6.07) is 5.07. The highest BCUT2D eigenvalue weighted by Crippen LogP contribution is 2.28. The van der Waals surface area contributed by atoms with Gasteiger partial charge in [-0.15, -0.1) is 6.42 Å². The van der Waals surface area contributed by atoms with E-state index >= 15 is 0 Å². The molecule has 0 bridgehead atoms. The Hall–Kier alpha value is -1.66. The fourth-order valence-corrected chi connectivity index (χ4v) is 1.52. The predicted octanol–water partition coefficient (Wildman–Crippen LogP) is 2.07. The lowest BCUT2D eigenvalue weighted by Crippen LogP contribution is -2.27. The van der Waals surface area contributed by atoms with E-state index in [2.05, 4.69) is 11.2 Å². The predicted molar refractivity (Wildman–Crippen MR) is 64.5 cm³/mol. The molecular formula is C13H17NO2. The quantitative estimate of drug-likeness (QED) is 0.762. The van der Waals surface area contributed by atoms with Crippen molar-refractivity contribution in [3.05, 3.63) is 23.8 Å². The molecule has 0 aliphatic rings. The molecule has 0 aromatic heterocycles. The Morgan fingerprint density at radius 3 is 2.69 bits per heavy atom. The summed E-state index contributed by atoms with van der Waals surface area (Å²) in [7, 11) is 1.60. The van der Waals surface area contributed by atoms with Crippen molar-refractivity contribution >= 4 is 0 Å². The molecule has 1 aromatic rings. The smallest absolute Gasteiger partial charge is 0.120 e. The molecular weight excluding hydrogens is 202 g/mol. The number of phenolic OH excluding ortho intramolecular Hbond substituents is 1. The molecule has 3 heteroatoms. The van der Waals surface area contributed by atoms with Crippen LogP contribution in [0.4, 0.5) is 0 Å². The molecule has 0 aliphatic heterocycles. The minimum Gasteiger partial charge on any atom is -0.508 e. The lowest BCUT2D eigenvalue weighted by atomic mass is 10.1. The number of hydrogen-bond donors (Lipinski definition) is 2. The molecule has 0 aliphatic carbocycles. The number of rotatable bonds is 4. The zero-order valence-electron chi connectivity index (χ0n) is 9.82. The maximum absolute atomic E-state index is 9.74. The van der Waals surface area contributed by atoms with Crippen molar-refractivity contribution in [1.29, 1.82) is 0 Å². The van der Waals surface area contributed by atoms with E-state index in [0.717, 1.165) is 11.3 Å². The van der Waals surface area contributed by atoms with Crippen LogP contribution in [0, 0.1) is 12.3 Å². The van der Waals surface area contributed by atoms with Gasteiger partial charge in [-0.1, -0.05) is 5.92 Å². The molecule has 1 rings (SSSR count). The highest BCUT2D eigenvalue weighted by atomic mass is 16.5. The fraction of sp³-hybridized carbons (Fsp3) is 0.385. The minimum absolute atomic E-state index is 0.0267. The van der Waals surface area contributed by atoms with Crippen molar-refractivity contribution in [2.75, 3.05) is 7.11 Å². The van der Waals surface area contributed by atoms with Crippen molar-refractivity contribution in [3.63, 3.8) is 0 Å². The number of nitrogens with one attached hydrogen (secondary N) is 1. The highest BCUT2D eigenvalue weighted by molar-refractivity contribution is 5.41. The summed E-state index contributed by atoms with van der Waals surface area (Å²) in [5, 5.41) is 12.9. The van der Waals surface area contributed by atoms with E-state index in [4.69, 9.17) is 11.2 Å².